The lowest BCUT2D eigenvalue weighted by Crippen LogP contribution is -2.34. The first-order valence-electron chi connectivity index (χ1n) is 6.95. The first-order valence-corrected chi connectivity index (χ1v) is 6.95. The quantitative estimate of drug-likeness (QED) is 0.891. The summed E-state index contributed by atoms with van der Waals surface area (Å²) in [6.07, 6.45) is 2.62. The smallest absolute Gasteiger partial charge is 0.257 e. The van der Waals surface area contributed by atoms with Crippen molar-refractivity contribution in [2.24, 2.45) is 0 Å². The maximum atomic E-state index is 12.6. The van der Waals surface area contributed by atoms with E-state index in [1.807, 2.05) is 35.2 Å². The van der Waals surface area contributed by atoms with Gasteiger partial charge in [0.15, 0.2) is 0 Å². The monoisotopic (exact) mass is 306 g/mol. The third-order valence-corrected chi connectivity index (χ3v) is 3.56. The molecule has 0 aliphatic carbocycles. The molecule has 112 valence electrons. The molecule has 0 bridgehead atoms. The zero-order chi connectivity index (χ0) is 13.8. The Morgan fingerprint density at radius 1 is 1.14 bits per heavy atom. The van der Waals surface area contributed by atoms with E-state index in [-0.39, 0.29) is 18.3 Å². The highest BCUT2D eigenvalue weighted by Crippen LogP contribution is 2.22. The molecule has 1 amide bonds. The second-order valence-electron chi connectivity index (χ2n) is 4.92. The van der Waals surface area contributed by atoms with Crippen LogP contribution in [-0.4, -0.2) is 47.2 Å². The molecule has 2 N–H and O–H groups in total. The number of carbonyl (C=O) groups is 1. The van der Waals surface area contributed by atoms with E-state index in [1.165, 1.54) is 0 Å². The van der Waals surface area contributed by atoms with Gasteiger partial charge in [-0.1, -0.05) is 30.3 Å². The van der Waals surface area contributed by atoms with E-state index in [0.29, 0.717) is 5.56 Å². The predicted octanol–water partition coefficient (Wildman–Crippen LogP) is 1.93. The average Bonchev–Trinajstić information content (AvgIpc) is 2.82. The summed E-state index contributed by atoms with van der Waals surface area (Å²) in [5, 5.41) is 10.3. The molecular formula is C15H19ClN4O. The summed E-state index contributed by atoms with van der Waals surface area (Å²) in [6, 6.07) is 9.84. The number of rotatable bonds is 2. The van der Waals surface area contributed by atoms with E-state index in [0.717, 1.165) is 43.9 Å². The molecule has 0 spiro atoms. The topological polar surface area (TPSA) is 61.0 Å². The van der Waals surface area contributed by atoms with Crippen molar-refractivity contribution < 1.29 is 4.79 Å². The molecule has 1 fully saturated rings. The van der Waals surface area contributed by atoms with Crippen LogP contribution in [-0.2, 0) is 0 Å². The van der Waals surface area contributed by atoms with Crippen molar-refractivity contribution in [3.63, 3.8) is 0 Å². The van der Waals surface area contributed by atoms with Crippen molar-refractivity contribution in [2.75, 3.05) is 26.2 Å². The van der Waals surface area contributed by atoms with Crippen molar-refractivity contribution in [1.29, 1.82) is 0 Å². The van der Waals surface area contributed by atoms with E-state index in [2.05, 4.69) is 15.5 Å². The molecule has 0 saturated carbocycles. The van der Waals surface area contributed by atoms with E-state index in [9.17, 15) is 4.79 Å². The molecule has 1 aliphatic rings. The molecule has 0 atom stereocenters. The summed E-state index contributed by atoms with van der Waals surface area (Å²) >= 11 is 0. The number of nitrogens with one attached hydrogen (secondary N) is 2. The van der Waals surface area contributed by atoms with Crippen LogP contribution in [0, 0.1) is 0 Å². The summed E-state index contributed by atoms with van der Waals surface area (Å²) in [6.45, 7) is 3.37. The summed E-state index contributed by atoms with van der Waals surface area (Å²) in [5.41, 5.74) is 2.44. The van der Waals surface area contributed by atoms with E-state index in [1.54, 1.807) is 6.20 Å². The van der Waals surface area contributed by atoms with E-state index in [4.69, 9.17) is 0 Å². The number of carbonyl (C=O) groups excluding carboxylic acids is 1. The summed E-state index contributed by atoms with van der Waals surface area (Å²) in [7, 11) is 0. The number of benzene rings is 1. The molecule has 1 aliphatic heterocycles. The van der Waals surface area contributed by atoms with Crippen LogP contribution in [0.15, 0.2) is 36.5 Å². The number of halogens is 1. The Labute approximate surface area is 130 Å². The largest absolute Gasteiger partial charge is 0.337 e. The van der Waals surface area contributed by atoms with Gasteiger partial charge in [-0.05, 0) is 13.0 Å². The molecule has 6 heteroatoms. The number of H-pyrrole nitrogens is 1. The van der Waals surface area contributed by atoms with Gasteiger partial charge in [0.05, 0.1) is 17.5 Å². The number of amides is 1. The van der Waals surface area contributed by atoms with E-state index < -0.39 is 0 Å². The molecule has 2 heterocycles. The Hall–Kier alpha value is -1.85. The summed E-state index contributed by atoms with van der Waals surface area (Å²) < 4.78 is 0. The minimum atomic E-state index is 0. The van der Waals surface area contributed by atoms with Gasteiger partial charge in [0.25, 0.3) is 5.91 Å². The number of aromatic amines is 1. The fraction of sp³-hybridized carbons (Fsp3) is 0.333. The first-order chi connectivity index (χ1) is 9.86. The normalized spacial score (nSPS) is 15.1. The van der Waals surface area contributed by atoms with Crippen LogP contribution in [0.25, 0.3) is 11.3 Å². The van der Waals surface area contributed by atoms with Gasteiger partial charge in [-0.2, -0.15) is 5.10 Å². The van der Waals surface area contributed by atoms with Crippen LogP contribution < -0.4 is 5.32 Å². The molecule has 21 heavy (non-hydrogen) atoms. The molecule has 0 radical (unpaired) electrons. The van der Waals surface area contributed by atoms with E-state index >= 15 is 0 Å². The summed E-state index contributed by atoms with van der Waals surface area (Å²) in [5.74, 6) is 0.0568. The van der Waals surface area contributed by atoms with Crippen LogP contribution in [0.4, 0.5) is 0 Å². The molecule has 2 aromatic rings. The molecule has 1 aromatic carbocycles. The van der Waals surface area contributed by atoms with Crippen molar-refractivity contribution in [3.05, 3.63) is 42.1 Å². The average molecular weight is 307 g/mol. The number of aromatic nitrogens is 2. The number of nitrogens with zero attached hydrogens (tertiary/aromatic N) is 2. The van der Waals surface area contributed by atoms with Gasteiger partial charge in [0.2, 0.25) is 0 Å². The lowest BCUT2D eigenvalue weighted by molar-refractivity contribution is 0.0767. The Morgan fingerprint density at radius 2 is 1.95 bits per heavy atom. The second-order valence-corrected chi connectivity index (χ2v) is 4.92. The lowest BCUT2D eigenvalue weighted by Gasteiger charge is -2.19. The minimum absolute atomic E-state index is 0. The molecule has 3 rings (SSSR count). The first kappa shape index (κ1) is 15.5. The zero-order valence-electron chi connectivity index (χ0n) is 11.7. The van der Waals surface area contributed by atoms with Gasteiger partial charge in [0.1, 0.15) is 0 Å². The predicted molar refractivity (Wildman–Crippen MR) is 84.7 cm³/mol. The van der Waals surface area contributed by atoms with Gasteiger partial charge in [0, 0.05) is 25.2 Å². The zero-order valence-corrected chi connectivity index (χ0v) is 12.5. The fourth-order valence-electron chi connectivity index (χ4n) is 2.49. The van der Waals surface area contributed by atoms with Crippen molar-refractivity contribution in [1.82, 2.24) is 20.4 Å². The summed E-state index contributed by atoms with van der Waals surface area (Å²) in [4.78, 5) is 14.5. The molecule has 1 aromatic heterocycles. The van der Waals surface area contributed by atoms with Crippen LogP contribution in [0.1, 0.15) is 16.8 Å². The Balaban J connectivity index is 0.00000161. The Kier molecular flexibility index (Phi) is 5.36. The SMILES string of the molecule is Cl.O=C(c1cn[nH]c1-c1ccccc1)N1CCCNCC1. The maximum Gasteiger partial charge on any atom is 0.257 e. The number of hydrogen-bond acceptors (Lipinski definition) is 3. The highest BCUT2D eigenvalue weighted by Gasteiger charge is 2.21. The van der Waals surface area contributed by atoms with Crippen molar-refractivity contribution in [3.8, 4) is 11.3 Å². The molecule has 5 nitrogen and oxygen atoms in total. The fourth-order valence-corrected chi connectivity index (χ4v) is 2.49. The van der Waals surface area contributed by atoms with Crippen molar-refractivity contribution in [2.45, 2.75) is 6.42 Å². The third-order valence-electron chi connectivity index (χ3n) is 3.56. The minimum Gasteiger partial charge on any atom is -0.337 e. The van der Waals surface area contributed by atoms with Gasteiger partial charge < -0.3 is 10.2 Å². The number of hydrogen-bond donors (Lipinski definition) is 2. The second kappa shape index (κ2) is 7.24. The molecule has 0 unspecified atom stereocenters. The Morgan fingerprint density at radius 3 is 2.76 bits per heavy atom. The van der Waals surface area contributed by atoms with Gasteiger partial charge in [-0.15, -0.1) is 12.4 Å². The van der Waals surface area contributed by atoms with Gasteiger partial charge >= 0.3 is 0 Å². The molecular weight excluding hydrogens is 288 g/mol. The van der Waals surface area contributed by atoms with Crippen LogP contribution >= 0.6 is 12.4 Å². The third kappa shape index (κ3) is 3.43. The Bertz CT molecular complexity index is 576. The molecule has 1 saturated heterocycles. The van der Waals surface area contributed by atoms with Crippen LogP contribution in [0.5, 0.6) is 0 Å². The highest BCUT2D eigenvalue weighted by atomic mass is 35.5. The van der Waals surface area contributed by atoms with Gasteiger partial charge in [-0.25, -0.2) is 0 Å². The highest BCUT2D eigenvalue weighted by molar-refractivity contribution is 5.99. The lowest BCUT2D eigenvalue weighted by atomic mass is 10.1. The van der Waals surface area contributed by atoms with Gasteiger partial charge in [-0.3, -0.25) is 9.89 Å². The van der Waals surface area contributed by atoms with Crippen LogP contribution in [0.2, 0.25) is 0 Å². The van der Waals surface area contributed by atoms with Crippen molar-refractivity contribution >= 4 is 18.3 Å². The van der Waals surface area contributed by atoms with Crippen LogP contribution in [0.3, 0.4) is 0 Å². The standard InChI is InChI=1S/C15H18N4O.ClH/c20-15(19-9-4-7-16-8-10-19)13-11-17-18-14(13)12-5-2-1-3-6-12;/h1-3,5-6,11,16H,4,7-10H2,(H,17,18);1H. The maximum absolute atomic E-state index is 12.6.